The van der Waals surface area contributed by atoms with E-state index in [2.05, 4.69) is 37.3 Å². The minimum atomic E-state index is -1.52. The van der Waals surface area contributed by atoms with Crippen molar-refractivity contribution in [1.29, 1.82) is 0 Å². The summed E-state index contributed by atoms with van der Waals surface area (Å²) in [6, 6.07) is -1.88. The van der Waals surface area contributed by atoms with E-state index in [4.69, 9.17) is 0 Å². The fourth-order valence-corrected chi connectivity index (χ4v) is 4.47. The molecule has 1 amide bonds. The molecule has 3 unspecified atom stereocenters. The van der Waals surface area contributed by atoms with Gasteiger partial charge in [0.25, 0.3) is 0 Å². The van der Waals surface area contributed by atoms with E-state index in [1.165, 1.54) is 16.7 Å². The van der Waals surface area contributed by atoms with Gasteiger partial charge < -0.3 is 10.2 Å². The van der Waals surface area contributed by atoms with Gasteiger partial charge in [-0.05, 0) is 32.2 Å². The highest BCUT2D eigenvalue weighted by Gasteiger charge is 2.37. The molecule has 7 heteroatoms. The molecule has 2 heterocycles. The van der Waals surface area contributed by atoms with Gasteiger partial charge in [-0.1, -0.05) is 26.7 Å². The summed E-state index contributed by atoms with van der Waals surface area (Å²) in [7, 11) is 1.83. The molecule has 1 aliphatic rings. The minimum absolute atomic E-state index is 0.0867. The number of rotatable bonds is 8. The molecule has 0 spiro atoms. The molecule has 0 aromatic carbocycles. The maximum Gasteiger partial charge on any atom is 0.351 e. The number of carbonyl (C=O) groups is 2. The molecule has 26 heavy (non-hydrogen) atoms. The Hall–Kier alpha value is -1.60. The lowest BCUT2D eigenvalue weighted by Crippen LogP contribution is -2.49. The third-order valence-corrected chi connectivity index (χ3v) is 5.72. The van der Waals surface area contributed by atoms with Gasteiger partial charge in [-0.2, -0.15) is 4.39 Å². The van der Waals surface area contributed by atoms with E-state index < -0.39 is 6.04 Å². The van der Waals surface area contributed by atoms with Crippen molar-refractivity contribution in [2.45, 2.75) is 58.0 Å². The molecule has 146 valence electrons. The van der Waals surface area contributed by atoms with Gasteiger partial charge in [-0.25, -0.2) is 4.98 Å². The number of thiazole rings is 1. The molecule has 3 atom stereocenters. The summed E-state index contributed by atoms with van der Waals surface area (Å²) in [5, 5.41) is 5.27. The van der Waals surface area contributed by atoms with Crippen molar-refractivity contribution in [3.05, 3.63) is 29.2 Å². The Bertz CT molecular complexity index is 593. The van der Waals surface area contributed by atoms with Gasteiger partial charge in [-0.3, -0.25) is 9.59 Å². The lowest BCUT2D eigenvalue weighted by molar-refractivity contribution is -0.135. The predicted molar refractivity (Wildman–Crippen MR) is 104 cm³/mol. The molecule has 0 bridgehead atoms. The minimum Gasteiger partial charge on any atom is -0.332 e. The molecule has 1 aromatic heterocycles. The molecule has 1 fully saturated rings. The van der Waals surface area contributed by atoms with E-state index in [9.17, 15) is 14.0 Å². The summed E-state index contributed by atoms with van der Waals surface area (Å²) in [4.78, 5) is 29.8. The Labute approximate surface area is 159 Å². The summed E-state index contributed by atoms with van der Waals surface area (Å²) >= 11 is 1.25. The van der Waals surface area contributed by atoms with Crippen LogP contribution in [0.3, 0.4) is 0 Å². The normalized spacial score (nSPS) is 18.8. The van der Waals surface area contributed by atoms with E-state index in [0.29, 0.717) is 17.5 Å². The third kappa shape index (κ3) is 5.20. The van der Waals surface area contributed by atoms with Crippen LogP contribution in [0.1, 0.15) is 67.5 Å². The van der Waals surface area contributed by atoms with Crippen molar-refractivity contribution >= 4 is 23.3 Å². The average molecular weight is 384 g/mol. The van der Waals surface area contributed by atoms with E-state index >= 15 is 0 Å². The number of hydrogen-bond donors (Lipinski definition) is 1. The maximum absolute atomic E-state index is 13.1. The van der Waals surface area contributed by atoms with Gasteiger partial charge in [0, 0.05) is 11.9 Å². The number of halogens is 1. The summed E-state index contributed by atoms with van der Waals surface area (Å²) in [6.07, 6.45) is 4.70. The topological polar surface area (TPSA) is 62.3 Å². The van der Waals surface area contributed by atoms with Crippen LogP contribution in [0.4, 0.5) is 4.39 Å². The number of nitrogens with one attached hydrogen (secondary N) is 1. The van der Waals surface area contributed by atoms with E-state index in [1.54, 1.807) is 0 Å². The first-order valence-electron chi connectivity index (χ1n) is 9.16. The molecule has 0 aliphatic carbocycles. The number of likely N-dealkylation sites (tertiary alicyclic amines) is 1. The van der Waals surface area contributed by atoms with Crippen LogP contribution in [0.15, 0.2) is 18.5 Å². The van der Waals surface area contributed by atoms with Crippen LogP contribution in [0.2, 0.25) is 0 Å². The van der Waals surface area contributed by atoms with E-state index in [-0.39, 0.29) is 23.7 Å². The number of nitrogens with zero attached hydrogens (tertiary/aromatic N) is 2. The van der Waals surface area contributed by atoms with Gasteiger partial charge in [0.2, 0.25) is 5.91 Å². The zero-order valence-electron chi connectivity index (χ0n) is 16.0. The second-order valence-electron chi connectivity index (χ2n) is 6.26. The lowest BCUT2D eigenvalue weighted by Gasteiger charge is -2.31. The van der Waals surface area contributed by atoms with Crippen LogP contribution in [0.25, 0.3) is 0 Å². The number of carbonyl (C=O) groups excluding carboxylic acids is 2. The third-order valence-electron chi connectivity index (χ3n) is 4.78. The number of likely N-dealkylation sites (N-methyl/N-ethyl adjacent to an activating group) is 1. The Kier molecular flexibility index (Phi) is 9.65. The lowest BCUT2D eigenvalue weighted by atomic mass is 9.91. The van der Waals surface area contributed by atoms with Gasteiger partial charge in [0.1, 0.15) is 5.01 Å². The molecule has 0 radical (unpaired) electrons. The number of aromatic nitrogens is 1. The van der Waals surface area contributed by atoms with Gasteiger partial charge in [0.15, 0.2) is 5.69 Å². The van der Waals surface area contributed by atoms with Crippen LogP contribution in [0.5, 0.6) is 0 Å². The Balaban J connectivity index is 0.00000163. The van der Waals surface area contributed by atoms with Crippen molar-refractivity contribution < 1.29 is 14.0 Å². The highest BCUT2D eigenvalue weighted by molar-refractivity contribution is 7.09. The Morgan fingerprint density at radius 1 is 1.46 bits per heavy atom. The van der Waals surface area contributed by atoms with Crippen molar-refractivity contribution in [3.8, 4) is 0 Å². The first kappa shape index (κ1) is 22.4. The largest absolute Gasteiger partial charge is 0.351 e. The molecule has 1 aromatic rings. The van der Waals surface area contributed by atoms with Crippen LogP contribution in [-0.2, 0) is 4.79 Å². The maximum atomic E-state index is 13.1. The van der Waals surface area contributed by atoms with Crippen LogP contribution in [0, 0.1) is 5.92 Å². The Morgan fingerprint density at radius 2 is 2.15 bits per heavy atom. The molecular formula is C19H30FN3O2S. The average Bonchev–Trinajstić information content (AvgIpc) is 3.32. The Morgan fingerprint density at radius 3 is 2.65 bits per heavy atom. The summed E-state index contributed by atoms with van der Waals surface area (Å²) in [5.74, 6) is 0.386. The second kappa shape index (κ2) is 11.2. The van der Waals surface area contributed by atoms with Crippen LogP contribution in [-0.4, -0.2) is 41.5 Å². The van der Waals surface area contributed by atoms with Gasteiger partial charge in [-0.15, -0.1) is 24.5 Å². The highest BCUT2D eigenvalue weighted by atomic mass is 32.1. The smallest absolute Gasteiger partial charge is 0.332 e. The highest BCUT2D eigenvalue weighted by Crippen LogP contribution is 2.35. The van der Waals surface area contributed by atoms with Crippen molar-refractivity contribution in [1.82, 2.24) is 15.2 Å². The molecule has 1 saturated heterocycles. The summed E-state index contributed by atoms with van der Waals surface area (Å²) in [5.41, 5.74) is -0.156. The molecule has 1 N–H and O–H groups in total. The second-order valence-corrected chi connectivity index (χ2v) is 7.15. The number of hydrogen-bond acceptors (Lipinski definition) is 5. The van der Waals surface area contributed by atoms with Gasteiger partial charge >= 0.3 is 6.04 Å². The van der Waals surface area contributed by atoms with Crippen molar-refractivity contribution in [3.63, 3.8) is 0 Å². The van der Waals surface area contributed by atoms with Crippen molar-refractivity contribution in [2.24, 2.45) is 5.92 Å². The monoisotopic (exact) mass is 383 g/mol. The molecule has 2 rings (SSSR count). The summed E-state index contributed by atoms with van der Waals surface area (Å²) in [6.45, 7) is 10.9. The first-order valence-corrected chi connectivity index (χ1v) is 10.0. The van der Waals surface area contributed by atoms with E-state index in [1.807, 2.05) is 11.9 Å². The zero-order valence-corrected chi connectivity index (χ0v) is 16.8. The molecular weight excluding hydrogens is 353 g/mol. The quantitative estimate of drug-likeness (QED) is 0.541. The molecule has 5 nitrogen and oxygen atoms in total. The van der Waals surface area contributed by atoms with Gasteiger partial charge in [0.05, 0.1) is 12.1 Å². The van der Waals surface area contributed by atoms with E-state index in [0.717, 1.165) is 32.1 Å². The SMILES string of the molecule is C=C.CCCC(CC)C(NC)C(=O)N1CCCC1c1nc(C(=O)F)cs1. The zero-order chi connectivity index (χ0) is 19.7. The van der Waals surface area contributed by atoms with Crippen molar-refractivity contribution in [2.75, 3.05) is 13.6 Å². The fourth-order valence-electron chi connectivity index (χ4n) is 3.53. The molecule has 1 aliphatic heterocycles. The van der Waals surface area contributed by atoms with Crippen LogP contribution >= 0.6 is 11.3 Å². The summed E-state index contributed by atoms with van der Waals surface area (Å²) < 4.78 is 12.8. The first-order chi connectivity index (χ1) is 12.5. The van der Waals surface area contributed by atoms with Crippen LogP contribution < -0.4 is 5.32 Å². The predicted octanol–water partition coefficient (Wildman–Crippen LogP) is 4.13. The standard InChI is InChI=1S/C17H26FN3O2S.C2H4/c1-4-7-11(5-2)14(19-3)17(23)21-9-6-8-13(21)16-20-12(10-24-16)15(18)22;1-2/h10-11,13-14,19H,4-9H2,1-3H3;1-2H2. The molecule has 0 saturated carbocycles. The number of amides is 1. The fraction of sp³-hybridized carbons (Fsp3) is 0.632.